The van der Waals surface area contributed by atoms with Crippen LogP contribution in [0.25, 0.3) is 0 Å². The fraction of sp³-hybridized carbons (Fsp3) is 0.125. The van der Waals surface area contributed by atoms with Crippen LogP contribution in [0.15, 0.2) is 12.1 Å². The van der Waals surface area contributed by atoms with Gasteiger partial charge in [0.2, 0.25) is 0 Å². The first-order chi connectivity index (χ1) is 6.06. The molecule has 0 aliphatic carbocycles. The van der Waals surface area contributed by atoms with Gasteiger partial charge in [0.05, 0.1) is 19.2 Å². The van der Waals surface area contributed by atoms with Gasteiger partial charge in [-0.25, -0.2) is 13.6 Å². The molecule has 0 fully saturated rings. The van der Waals surface area contributed by atoms with Crippen molar-refractivity contribution < 1.29 is 23.4 Å². The molecule has 0 heterocycles. The maximum atomic E-state index is 12.9. The topological polar surface area (TPSA) is 49.2 Å². The predicted molar refractivity (Wildman–Crippen MR) is 40.8 cm³/mol. The maximum absolute atomic E-state index is 12.9. The van der Waals surface area contributed by atoms with E-state index in [1.165, 1.54) is 0 Å². The lowest BCUT2D eigenvalue weighted by Gasteiger charge is -2.01. The number of esters is 1. The van der Waals surface area contributed by atoms with Gasteiger partial charge in [-0.15, -0.1) is 0 Å². The summed E-state index contributed by atoms with van der Waals surface area (Å²) in [5.41, 5.74) is -0.765. The summed E-state index contributed by atoms with van der Waals surface area (Å²) in [6, 6.07) is 1.49. The third-order valence-corrected chi connectivity index (χ3v) is 1.43. The van der Waals surface area contributed by atoms with E-state index in [-0.39, 0.29) is 5.75 Å². The summed E-state index contributed by atoms with van der Waals surface area (Å²) in [5.74, 6) is -3.59. The Morgan fingerprint density at radius 2 is 1.85 bits per heavy atom. The van der Waals surface area contributed by atoms with Crippen LogP contribution in [0, 0.1) is 11.6 Å². The molecule has 1 rings (SSSR count). The standard InChI is InChI=1S/C8H6F2O3/c1-13-8(12)7-5(9)2-4(11)3-6(7)10/h2-3,11H,1H3/p+1. The number of benzene rings is 1. The number of rotatable bonds is 1. The zero-order valence-electron chi connectivity index (χ0n) is 6.73. The molecule has 0 atom stereocenters. The molecule has 13 heavy (non-hydrogen) atoms. The second-order valence-electron chi connectivity index (χ2n) is 2.31. The lowest BCUT2D eigenvalue weighted by Crippen LogP contribution is -2.07. The van der Waals surface area contributed by atoms with Gasteiger partial charge in [0, 0.05) is 0 Å². The fourth-order valence-electron chi connectivity index (χ4n) is 0.870. The Balaban J connectivity index is 3.28. The van der Waals surface area contributed by atoms with Gasteiger partial charge >= 0.3 is 5.97 Å². The molecule has 0 radical (unpaired) electrons. The number of methoxy groups -OCH3 is 1. The Morgan fingerprint density at radius 3 is 2.23 bits per heavy atom. The molecule has 70 valence electrons. The average molecular weight is 189 g/mol. The Labute approximate surface area is 72.6 Å². The summed E-state index contributed by atoms with van der Waals surface area (Å²) in [5, 5.41) is 6.94. The molecule has 0 unspecified atom stereocenters. The van der Waals surface area contributed by atoms with Gasteiger partial charge in [-0.3, -0.25) is 0 Å². The van der Waals surface area contributed by atoms with Crippen LogP contribution >= 0.6 is 0 Å². The zero-order chi connectivity index (χ0) is 10.0. The largest absolute Gasteiger partial charge is 0.593 e. The number of hydrogen-bond donors (Lipinski definition) is 0. The monoisotopic (exact) mass is 189 g/mol. The molecular weight excluding hydrogens is 182 g/mol. The third kappa shape index (κ3) is 1.74. The number of carbonyl (C=O) groups excluding carboxylic acids is 1. The van der Waals surface area contributed by atoms with Crippen LogP contribution in [0.2, 0.25) is 0 Å². The summed E-state index contributed by atoms with van der Waals surface area (Å²) in [7, 11) is 1.02. The Kier molecular flexibility index (Phi) is 2.46. The van der Waals surface area contributed by atoms with Crippen LogP contribution < -0.4 is 0 Å². The molecule has 0 amide bonds. The van der Waals surface area contributed by atoms with Crippen molar-refractivity contribution in [1.29, 1.82) is 0 Å². The molecule has 1 aromatic rings. The molecule has 0 bridgehead atoms. The normalized spacial score (nSPS) is 9.77. The number of carbonyl (C=O) groups is 1. The molecule has 5 heteroatoms. The van der Waals surface area contributed by atoms with Gasteiger partial charge in [0.25, 0.3) is 5.75 Å². The number of halogens is 2. The first-order valence-corrected chi connectivity index (χ1v) is 3.35. The smallest absolute Gasteiger partial charge is 0.343 e. The summed E-state index contributed by atoms with van der Waals surface area (Å²) in [6.45, 7) is 0. The van der Waals surface area contributed by atoms with Crippen molar-refractivity contribution >= 4 is 5.97 Å². The molecule has 0 aliphatic heterocycles. The molecule has 0 aliphatic rings. The van der Waals surface area contributed by atoms with Gasteiger partial charge < -0.3 is 9.84 Å². The summed E-state index contributed by atoms with van der Waals surface area (Å²) < 4.78 is 29.9. The van der Waals surface area contributed by atoms with Gasteiger partial charge in [0.15, 0.2) is 0 Å². The summed E-state index contributed by atoms with van der Waals surface area (Å²) in [4.78, 5) is 10.8. The fourth-order valence-corrected chi connectivity index (χ4v) is 0.870. The van der Waals surface area contributed by atoms with E-state index in [0.717, 1.165) is 19.2 Å². The second kappa shape index (κ2) is 3.38. The van der Waals surface area contributed by atoms with E-state index in [0.29, 0.717) is 0 Å². The second-order valence-corrected chi connectivity index (χ2v) is 2.31. The molecule has 0 aromatic heterocycles. The van der Waals surface area contributed by atoms with Crippen molar-refractivity contribution in [2.75, 3.05) is 7.11 Å². The zero-order valence-corrected chi connectivity index (χ0v) is 6.73. The quantitative estimate of drug-likeness (QED) is 0.492. The first kappa shape index (κ1) is 9.44. The van der Waals surface area contributed by atoms with Crippen LogP contribution in [0.1, 0.15) is 10.4 Å². The maximum Gasteiger partial charge on any atom is 0.343 e. The Bertz CT molecular complexity index is 326. The van der Waals surface area contributed by atoms with E-state index < -0.39 is 23.2 Å². The molecule has 0 spiro atoms. The average Bonchev–Trinajstić information content (AvgIpc) is 2.02. The molecule has 2 N–H and O–H groups in total. The highest BCUT2D eigenvalue weighted by Crippen LogP contribution is 2.19. The van der Waals surface area contributed by atoms with Crippen molar-refractivity contribution in [1.82, 2.24) is 0 Å². The van der Waals surface area contributed by atoms with Gasteiger partial charge in [-0.05, 0) is 0 Å². The van der Waals surface area contributed by atoms with Crippen LogP contribution in [0.5, 0.6) is 5.75 Å². The minimum Gasteiger partial charge on any atom is -0.593 e. The van der Waals surface area contributed by atoms with Crippen molar-refractivity contribution in [3.05, 3.63) is 29.3 Å². The highest BCUT2D eigenvalue weighted by Gasteiger charge is 2.20. The Hall–Kier alpha value is -1.65. The lowest BCUT2D eigenvalue weighted by atomic mass is 10.2. The number of ether oxygens (including phenoxy) is 1. The van der Waals surface area contributed by atoms with Gasteiger partial charge in [-0.1, -0.05) is 0 Å². The SMILES string of the molecule is COC(=O)c1c(F)cc([OH2+])cc1F. The lowest BCUT2D eigenvalue weighted by molar-refractivity contribution is 0.0590. The summed E-state index contributed by atoms with van der Waals surface area (Å²) in [6.07, 6.45) is 0. The first-order valence-electron chi connectivity index (χ1n) is 3.35. The van der Waals surface area contributed by atoms with Crippen LogP contribution in [-0.4, -0.2) is 18.2 Å². The van der Waals surface area contributed by atoms with Crippen LogP contribution in [0.4, 0.5) is 8.78 Å². The van der Waals surface area contributed by atoms with E-state index in [4.69, 9.17) is 5.11 Å². The molecular formula is C8H7F2O3+. The van der Waals surface area contributed by atoms with E-state index >= 15 is 0 Å². The molecule has 1 aromatic carbocycles. The van der Waals surface area contributed by atoms with Gasteiger partial charge in [-0.2, -0.15) is 0 Å². The van der Waals surface area contributed by atoms with Crippen LogP contribution in [0.3, 0.4) is 0 Å². The number of hydrogen-bond acceptors (Lipinski definition) is 2. The van der Waals surface area contributed by atoms with Crippen molar-refractivity contribution in [3.63, 3.8) is 0 Å². The van der Waals surface area contributed by atoms with E-state index in [1.54, 1.807) is 0 Å². The van der Waals surface area contributed by atoms with E-state index in [1.807, 2.05) is 0 Å². The minimum absolute atomic E-state index is 0.331. The highest BCUT2D eigenvalue weighted by molar-refractivity contribution is 5.90. The van der Waals surface area contributed by atoms with Gasteiger partial charge in [0.1, 0.15) is 17.2 Å². The van der Waals surface area contributed by atoms with Crippen molar-refractivity contribution in [2.24, 2.45) is 0 Å². The summed E-state index contributed by atoms with van der Waals surface area (Å²) >= 11 is 0. The predicted octanol–water partition coefficient (Wildman–Crippen LogP) is 1.19. The molecule has 0 saturated heterocycles. The highest BCUT2D eigenvalue weighted by atomic mass is 19.1. The molecule has 0 saturated carbocycles. The van der Waals surface area contributed by atoms with E-state index in [2.05, 4.69) is 4.74 Å². The van der Waals surface area contributed by atoms with E-state index in [9.17, 15) is 13.6 Å². The van der Waals surface area contributed by atoms with Crippen molar-refractivity contribution in [2.45, 2.75) is 0 Å². The third-order valence-electron chi connectivity index (χ3n) is 1.43. The van der Waals surface area contributed by atoms with Crippen molar-refractivity contribution in [3.8, 4) is 5.75 Å². The minimum atomic E-state index is -1.09. The van der Waals surface area contributed by atoms with Crippen LogP contribution in [-0.2, 0) is 4.74 Å². The molecule has 3 nitrogen and oxygen atoms in total. The Morgan fingerprint density at radius 1 is 1.38 bits per heavy atom.